The van der Waals surface area contributed by atoms with Gasteiger partial charge in [-0.2, -0.15) is 17.6 Å². The maximum Gasteiger partial charge on any atom is 0.636 e. The van der Waals surface area contributed by atoms with E-state index in [1.54, 1.807) is 0 Å². The molecule has 0 aliphatic heterocycles. The first-order chi connectivity index (χ1) is 23.3. The summed E-state index contributed by atoms with van der Waals surface area (Å²) in [6.07, 6.45) is 0. The predicted molar refractivity (Wildman–Crippen MR) is 131 cm³/mol. The minimum absolute atomic E-state index is 0.332. The lowest BCUT2D eigenvalue weighted by Crippen LogP contribution is -2.47. The number of benzene rings is 5. The van der Waals surface area contributed by atoms with Gasteiger partial charge in [0.05, 0.1) is 22.0 Å². The quantitative estimate of drug-likeness (QED) is 0.0777. The Morgan fingerprint density at radius 3 is 1.46 bits per heavy atom. The second-order valence-electron chi connectivity index (χ2n) is 10.1. The van der Waals surface area contributed by atoms with E-state index < -0.39 is 156 Å². The van der Waals surface area contributed by atoms with Gasteiger partial charge >= 0.3 is 13.0 Å². The van der Waals surface area contributed by atoms with Crippen molar-refractivity contribution in [2.45, 2.75) is 5.92 Å². The van der Waals surface area contributed by atoms with E-state index in [0.717, 1.165) is 0 Å². The van der Waals surface area contributed by atoms with E-state index in [-0.39, 0.29) is 0 Å². The zero-order valence-corrected chi connectivity index (χ0v) is 22.9. The van der Waals surface area contributed by atoms with Crippen molar-refractivity contribution >= 4 is 23.4 Å². The summed E-state index contributed by atoms with van der Waals surface area (Å²) in [4.78, 5) is 0. The number of rotatable bonds is 5. The molecule has 0 heterocycles. The number of fused-ring (bicyclic) bond motifs is 4. The molecule has 6 rings (SSSR count). The second kappa shape index (κ2) is 11.4. The number of hydrogen-bond acceptors (Lipinski definition) is 2. The van der Waals surface area contributed by atoms with Gasteiger partial charge in [0.25, 0.3) is 0 Å². The summed E-state index contributed by atoms with van der Waals surface area (Å²) < 4.78 is 275. The van der Waals surface area contributed by atoms with Gasteiger partial charge in [0.1, 0.15) is 5.75 Å². The molecule has 0 radical (unpaired) electrons. The Morgan fingerprint density at radius 2 is 0.880 bits per heavy atom. The molecule has 0 atom stereocenters. The van der Waals surface area contributed by atoms with E-state index >= 15 is 26.3 Å². The minimum atomic E-state index is -5.54. The molecule has 0 unspecified atom stereocenters. The maximum atomic E-state index is 15.7. The minimum Gasteiger partial charge on any atom is -0.520 e. The fourth-order valence-corrected chi connectivity index (χ4v) is 5.26. The van der Waals surface area contributed by atoms with Crippen molar-refractivity contribution in [2.75, 3.05) is 0 Å². The van der Waals surface area contributed by atoms with Gasteiger partial charge in [-0.05, 0) is 12.1 Å². The van der Waals surface area contributed by atoms with Crippen LogP contribution < -0.4 is 14.8 Å². The SMILES string of the molecule is Fc1cccc(OB(Oc2c(F)c(F)c(F)c3c2C(F)(F)c2c(F)c(F)c(F)c(F)c2-3)c2c(F)c(F)c(F)c3c(F)c(F)c(F)c(F)c23)c1F. The molecule has 1 aliphatic rings. The molecule has 5 aromatic carbocycles. The van der Waals surface area contributed by atoms with Crippen molar-refractivity contribution in [3.05, 3.63) is 122 Å². The Hall–Kier alpha value is -5.24. The Bertz CT molecular complexity index is 2340. The fraction of sp³-hybridized carbons (Fsp3) is 0.0345. The lowest BCUT2D eigenvalue weighted by molar-refractivity contribution is 0.0404. The van der Waals surface area contributed by atoms with Gasteiger partial charge in [0.2, 0.25) is 5.82 Å². The molecule has 0 bridgehead atoms. The predicted octanol–water partition coefficient (Wildman–Crippen LogP) is 9.04. The average molecular weight is 736 g/mol. The topological polar surface area (TPSA) is 18.5 Å². The molecule has 0 saturated carbocycles. The first kappa shape index (κ1) is 34.6. The Balaban J connectivity index is 1.74. The van der Waals surface area contributed by atoms with Crippen LogP contribution in [0.1, 0.15) is 11.1 Å². The summed E-state index contributed by atoms with van der Waals surface area (Å²) in [5.41, 5.74) is -12.2. The smallest absolute Gasteiger partial charge is 0.520 e. The van der Waals surface area contributed by atoms with Crippen LogP contribution in [0, 0.1) is 93.1 Å². The van der Waals surface area contributed by atoms with Crippen LogP contribution in [0.2, 0.25) is 0 Å². The van der Waals surface area contributed by atoms with Gasteiger partial charge in [-0.3, -0.25) is 0 Å². The third kappa shape index (κ3) is 4.50. The molecule has 5 aromatic rings. The third-order valence-electron chi connectivity index (χ3n) is 7.41. The molecule has 0 aromatic heterocycles. The van der Waals surface area contributed by atoms with Crippen LogP contribution in [0.15, 0.2) is 18.2 Å². The van der Waals surface area contributed by atoms with Crippen LogP contribution in [0.5, 0.6) is 11.5 Å². The second-order valence-corrected chi connectivity index (χ2v) is 10.1. The number of alkyl halides is 2. The molecule has 0 spiro atoms. The van der Waals surface area contributed by atoms with Crippen molar-refractivity contribution < 1.29 is 88.3 Å². The van der Waals surface area contributed by atoms with Crippen LogP contribution in [-0.4, -0.2) is 7.12 Å². The van der Waals surface area contributed by atoms with Gasteiger partial charge in [0, 0.05) is 16.5 Å². The van der Waals surface area contributed by atoms with Gasteiger partial charge < -0.3 is 9.31 Å². The highest BCUT2D eigenvalue weighted by Crippen LogP contribution is 2.58. The zero-order valence-electron chi connectivity index (χ0n) is 22.9. The summed E-state index contributed by atoms with van der Waals surface area (Å²) in [5, 5.41) is -4.63. The fourth-order valence-electron chi connectivity index (χ4n) is 5.26. The van der Waals surface area contributed by atoms with Crippen molar-refractivity contribution in [1.29, 1.82) is 0 Å². The van der Waals surface area contributed by atoms with E-state index in [0.29, 0.717) is 18.2 Å². The largest absolute Gasteiger partial charge is 0.636 e. The van der Waals surface area contributed by atoms with Crippen LogP contribution >= 0.6 is 0 Å². The van der Waals surface area contributed by atoms with E-state index in [4.69, 9.17) is 4.65 Å². The van der Waals surface area contributed by atoms with E-state index in [1.165, 1.54) is 0 Å². The highest BCUT2D eigenvalue weighted by atomic mass is 19.3. The Labute approximate surface area is 263 Å². The first-order valence-corrected chi connectivity index (χ1v) is 12.8. The monoisotopic (exact) mass is 736 g/mol. The molecular weight excluding hydrogens is 733 g/mol. The first-order valence-electron chi connectivity index (χ1n) is 12.8. The van der Waals surface area contributed by atoms with Crippen molar-refractivity contribution in [3.63, 3.8) is 0 Å². The molecule has 2 nitrogen and oxygen atoms in total. The summed E-state index contributed by atoms with van der Waals surface area (Å²) in [5.74, 6) is -54.6. The summed E-state index contributed by atoms with van der Waals surface area (Å²) in [7, 11) is -3.76. The number of halogens is 18. The zero-order chi connectivity index (χ0) is 37.0. The maximum absolute atomic E-state index is 15.7. The average Bonchev–Trinajstić information content (AvgIpc) is 3.32. The molecule has 0 amide bonds. The van der Waals surface area contributed by atoms with Crippen LogP contribution in [0.4, 0.5) is 79.0 Å². The van der Waals surface area contributed by atoms with Gasteiger partial charge in [-0.25, -0.2) is 61.5 Å². The number of hydrogen-bond donors (Lipinski definition) is 0. The highest BCUT2D eigenvalue weighted by Gasteiger charge is 2.56. The molecule has 50 heavy (non-hydrogen) atoms. The van der Waals surface area contributed by atoms with Crippen molar-refractivity contribution in [3.8, 4) is 22.6 Å². The van der Waals surface area contributed by atoms with Crippen molar-refractivity contribution in [2.24, 2.45) is 0 Å². The summed E-state index contributed by atoms with van der Waals surface area (Å²) in [6, 6.07) is 1.23. The summed E-state index contributed by atoms with van der Waals surface area (Å²) >= 11 is 0. The van der Waals surface area contributed by atoms with E-state index in [1.807, 2.05) is 0 Å². The molecule has 0 saturated heterocycles. The molecule has 0 N–H and O–H groups in total. The summed E-state index contributed by atoms with van der Waals surface area (Å²) in [6.45, 7) is 0. The Kier molecular flexibility index (Phi) is 7.90. The highest BCUT2D eigenvalue weighted by molar-refractivity contribution is 6.66. The van der Waals surface area contributed by atoms with Gasteiger partial charge in [-0.1, -0.05) is 6.07 Å². The molecule has 21 heteroatoms. The van der Waals surface area contributed by atoms with Crippen LogP contribution in [-0.2, 0) is 5.92 Å². The van der Waals surface area contributed by atoms with Gasteiger partial charge in [0.15, 0.2) is 93.0 Å². The van der Waals surface area contributed by atoms with E-state index in [2.05, 4.69) is 4.65 Å². The Morgan fingerprint density at radius 1 is 0.420 bits per heavy atom. The van der Waals surface area contributed by atoms with Gasteiger partial charge in [-0.15, -0.1) is 0 Å². The van der Waals surface area contributed by atoms with E-state index in [9.17, 15) is 52.7 Å². The van der Waals surface area contributed by atoms with Crippen LogP contribution in [0.25, 0.3) is 21.9 Å². The van der Waals surface area contributed by atoms with Crippen LogP contribution in [0.3, 0.4) is 0 Å². The molecule has 260 valence electrons. The third-order valence-corrected chi connectivity index (χ3v) is 7.41. The normalized spacial score (nSPS) is 13.2. The lowest BCUT2D eigenvalue weighted by atomic mass is 9.74. The lowest BCUT2D eigenvalue weighted by Gasteiger charge is -2.24. The standard InChI is InChI=1S/C29H3BF18O2/c31-4-2-1-3-5(13(4)32)49-30(12-8-9(17(36)21(40)20(12)39)18(37)24(43)23(42)16(8)35)50-28-11-7(15(34)25(44)27(28)46)6-10(29(11,47)48)19(38)26(45)22(41)14(6)33/h1-3H. The molecular formula is C29H3BF18O2. The van der Waals surface area contributed by atoms with Crippen molar-refractivity contribution in [1.82, 2.24) is 0 Å². The molecule has 0 fully saturated rings. The molecule has 1 aliphatic carbocycles.